The lowest BCUT2D eigenvalue weighted by molar-refractivity contribution is 0.0997. The van der Waals surface area contributed by atoms with Crippen molar-refractivity contribution in [1.29, 1.82) is 0 Å². The third-order valence-corrected chi connectivity index (χ3v) is 5.18. The van der Waals surface area contributed by atoms with E-state index in [0.29, 0.717) is 12.1 Å². The minimum Gasteiger partial charge on any atom is -0.378 e. The fraction of sp³-hybridized carbons (Fsp3) is 0.714. The highest BCUT2D eigenvalue weighted by atomic mass is 79.9. The van der Waals surface area contributed by atoms with Crippen LogP contribution in [-0.2, 0) is 4.74 Å². The van der Waals surface area contributed by atoms with Gasteiger partial charge in [0, 0.05) is 27.4 Å². The molecule has 2 unspecified atom stereocenters. The van der Waals surface area contributed by atoms with Gasteiger partial charge >= 0.3 is 0 Å². The van der Waals surface area contributed by atoms with Crippen LogP contribution in [0, 0.1) is 0 Å². The van der Waals surface area contributed by atoms with E-state index >= 15 is 0 Å². The van der Waals surface area contributed by atoms with Crippen LogP contribution < -0.4 is 5.32 Å². The first-order valence-electron chi connectivity index (χ1n) is 6.88. The van der Waals surface area contributed by atoms with Crippen LogP contribution in [0.5, 0.6) is 0 Å². The van der Waals surface area contributed by atoms with Crippen LogP contribution in [0.15, 0.2) is 15.9 Å². The van der Waals surface area contributed by atoms with E-state index < -0.39 is 0 Å². The topological polar surface area (TPSA) is 21.3 Å². The van der Waals surface area contributed by atoms with Crippen molar-refractivity contribution in [2.24, 2.45) is 0 Å². The average molecular weight is 332 g/mol. The van der Waals surface area contributed by atoms with Gasteiger partial charge in [-0.2, -0.15) is 0 Å². The molecule has 2 nitrogen and oxygen atoms in total. The van der Waals surface area contributed by atoms with E-state index in [1.807, 2.05) is 11.3 Å². The third kappa shape index (κ3) is 4.34. The highest BCUT2D eigenvalue weighted by molar-refractivity contribution is 9.10. The van der Waals surface area contributed by atoms with Crippen LogP contribution in [0.25, 0.3) is 0 Å². The van der Waals surface area contributed by atoms with E-state index in [9.17, 15) is 0 Å². The van der Waals surface area contributed by atoms with E-state index in [0.717, 1.165) is 13.2 Å². The number of rotatable bonds is 7. The quantitative estimate of drug-likeness (QED) is 0.793. The molecule has 0 bridgehead atoms. The Kier molecular flexibility index (Phi) is 6.15. The zero-order chi connectivity index (χ0) is 12.8. The number of thiophene rings is 1. The summed E-state index contributed by atoms with van der Waals surface area (Å²) in [4.78, 5) is 1.44. The normalized spacial score (nSPS) is 21.3. The van der Waals surface area contributed by atoms with E-state index in [2.05, 4.69) is 39.6 Å². The Labute approximate surface area is 122 Å². The van der Waals surface area contributed by atoms with E-state index in [1.54, 1.807) is 0 Å². The Bertz CT molecular complexity index is 349. The molecule has 102 valence electrons. The molecule has 2 heterocycles. The zero-order valence-electron chi connectivity index (χ0n) is 11.0. The number of hydrogen-bond donors (Lipinski definition) is 1. The number of ether oxygens (including phenoxy) is 1. The predicted octanol–water partition coefficient (Wildman–Crippen LogP) is 4.51. The molecule has 0 saturated carbocycles. The number of halogens is 1. The molecular weight excluding hydrogens is 310 g/mol. The van der Waals surface area contributed by atoms with Crippen molar-refractivity contribution in [2.45, 2.75) is 51.2 Å². The summed E-state index contributed by atoms with van der Waals surface area (Å²) in [5.74, 6) is 0. The molecule has 0 radical (unpaired) electrons. The second-order valence-corrected chi connectivity index (χ2v) is 6.74. The van der Waals surface area contributed by atoms with Gasteiger partial charge in [0.1, 0.15) is 0 Å². The fourth-order valence-electron chi connectivity index (χ4n) is 2.40. The van der Waals surface area contributed by atoms with Crippen molar-refractivity contribution in [3.63, 3.8) is 0 Å². The van der Waals surface area contributed by atoms with Crippen LogP contribution in [0.3, 0.4) is 0 Å². The Morgan fingerprint density at radius 3 is 3.11 bits per heavy atom. The Morgan fingerprint density at radius 1 is 1.61 bits per heavy atom. The maximum absolute atomic E-state index is 5.72. The van der Waals surface area contributed by atoms with Crippen molar-refractivity contribution in [2.75, 3.05) is 13.2 Å². The molecule has 1 aliphatic heterocycles. The van der Waals surface area contributed by atoms with Crippen molar-refractivity contribution in [3.8, 4) is 0 Å². The lowest BCUT2D eigenvalue weighted by atomic mass is 10.0. The molecule has 1 aromatic rings. The summed E-state index contributed by atoms with van der Waals surface area (Å²) in [6, 6.07) is 2.73. The van der Waals surface area contributed by atoms with E-state index in [4.69, 9.17) is 4.74 Å². The van der Waals surface area contributed by atoms with Gasteiger partial charge in [0.05, 0.1) is 6.10 Å². The van der Waals surface area contributed by atoms with Crippen molar-refractivity contribution in [3.05, 3.63) is 20.8 Å². The fourth-order valence-corrected chi connectivity index (χ4v) is 3.95. The molecule has 0 aromatic carbocycles. The predicted molar refractivity (Wildman–Crippen MR) is 81.3 cm³/mol. The molecule has 2 rings (SSSR count). The van der Waals surface area contributed by atoms with E-state index in [-0.39, 0.29) is 0 Å². The summed E-state index contributed by atoms with van der Waals surface area (Å²) in [5.41, 5.74) is 0. The lowest BCUT2D eigenvalue weighted by Gasteiger charge is -2.19. The summed E-state index contributed by atoms with van der Waals surface area (Å²) >= 11 is 5.38. The molecule has 1 saturated heterocycles. The molecule has 0 spiro atoms. The van der Waals surface area contributed by atoms with Crippen molar-refractivity contribution in [1.82, 2.24) is 5.32 Å². The lowest BCUT2D eigenvalue weighted by Crippen LogP contribution is -2.22. The highest BCUT2D eigenvalue weighted by Crippen LogP contribution is 2.30. The summed E-state index contributed by atoms with van der Waals surface area (Å²) in [6.45, 7) is 4.27. The maximum atomic E-state index is 5.72. The van der Waals surface area contributed by atoms with Crippen LogP contribution in [0.2, 0.25) is 0 Å². The first-order chi connectivity index (χ1) is 8.79. The molecule has 1 N–H and O–H groups in total. The summed E-state index contributed by atoms with van der Waals surface area (Å²) in [6.07, 6.45) is 6.52. The maximum Gasteiger partial charge on any atom is 0.0576 e. The largest absolute Gasteiger partial charge is 0.378 e. The minimum atomic E-state index is 0.491. The molecule has 18 heavy (non-hydrogen) atoms. The Morgan fingerprint density at radius 2 is 2.50 bits per heavy atom. The van der Waals surface area contributed by atoms with Crippen LogP contribution in [-0.4, -0.2) is 19.3 Å². The minimum absolute atomic E-state index is 0.491. The second-order valence-electron chi connectivity index (χ2n) is 4.89. The van der Waals surface area contributed by atoms with Crippen LogP contribution in [0.4, 0.5) is 0 Å². The summed E-state index contributed by atoms with van der Waals surface area (Å²) in [7, 11) is 0. The van der Waals surface area contributed by atoms with Gasteiger partial charge in [-0.15, -0.1) is 11.3 Å². The standard InChI is InChI=1S/C14H22BrNOS/c1-2-7-16-13(14-9-11(15)10-18-14)6-5-12-4-3-8-17-12/h9-10,12-13,16H,2-8H2,1H3. The molecule has 0 aliphatic carbocycles. The highest BCUT2D eigenvalue weighted by Gasteiger charge is 2.19. The first kappa shape index (κ1) is 14.5. The summed E-state index contributed by atoms with van der Waals surface area (Å²) in [5, 5.41) is 5.83. The third-order valence-electron chi connectivity index (χ3n) is 3.37. The SMILES string of the molecule is CCCNC(CCC1CCCO1)c1cc(Br)cs1. The Balaban J connectivity index is 1.87. The molecule has 4 heteroatoms. The van der Waals surface area contributed by atoms with Crippen LogP contribution in [0.1, 0.15) is 49.9 Å². The number of nitrogens with one attached hydrogen (secondary N) is 1. The molecule has 1 fully saturated rings. The Hall–Kier alpha value is 0.1000. The van der Waals surface area contributed by atoms with Crippen LogP contribution >= 0.6 is 27.3 Å². The van der Waals surface area contributed by atoms with Gasteiger partial charge in [-0.05, 0) is 60.6 Å². The first-order valence-corrected chi connectivity index (χ1v) is 8.55. The van der Waals surface area contributed by atoms with Gasteiger partial charge in [0.15, 0.2) is 0 Å². The molecule has 2 atom stereocenters. The second kappa shape index (κ2) is 7.63. The molecule has 1 aliphatic rings. The molecule has 1 aromatic heterocycles. The van der Waals surface area contributed by atoms with Gasteiger partial charge in [-0.25, -0.2) is 0 Å². The molecular formula is C14H22BrNOS. The van der Waals surface area contributed by atoms with Gasteiger partial charge in [0.25, 0.3) is 0 Å². The molecule has 0 amide bonds. The van der Waals surface area contributed by atoms with Gasteiger partial charge in [-0.1, -0.05) is 6.92 Å². The summed E-state index contributed by atoms with van der Waals surface area (Å²) < 4.78 is 6.91. The zero-order valence-corrected chi connectivity index (χ0v) is 13.4. The van der Waals surface area contributed by atoms with Gasteiger partial charge in [0.2, 0.25) is 0 Å². The monoisotopic (exact) mass is 331 g/mol. The van der Waals surface area contributed by atoms with Gasteiger partial charge in [-0.3, -0.25) is 0 Å². The van der Waals surface area contributed by atoms with E-state index in [1.165, 1.54) is 41.5 Å². The van der Waals surface area contributed by atoms with Crippen molar-refractivity contribution < 1.29 is 4.74 Å². The average Bonchev–Trinajstić information content (AvgIpc) is 3.01. The van der Waals surface area contributed by atoms with Crippen molar-refractivity contribution >= 4 is 27.3 Å². The van der Waals surface area contributed by atoms with Gasteiger partial charge < -0.3 is 10.1 Å². The smallest absolute Gasteiger partial charge is 0.0576 e. The number of hydrogen-bond acceptors (Lipinski definition) is 3.